The number of nitrogens with zero attached hydrogens (tertiary/aromatic N) is 1. The highest BCUT2D eigenvalue weighted by atomic mass is 16.1. The first kappa shape index (κ1) is 25.6. The summed E-state index contributed by atoms with van der Waals surface area (Å²) in [5.41, 5.74) is 10.5. The summed E-state index contributed by atoms with van der Waals surface area (Å²) in [6, 6.07) is 14.2. The third-order valence-corrected chi connectivity index (χ3v) is 6.14. The van der Waals surface area contributed by atoms with Crippen molar-refractivity contribution >= 4 is 11.8 Å². The summed E-state index contributed by atoms with van der Waals surface area (Å²) in [6.45, 7) is 8.99. The Balaban J connectivity index is 2.06. The molecular weight excluding hydrogens is 398 g/mol. The fourth-order valence-corrected chi connectivity index (χ4v) is 4.29. The molecule has 0 saturated heterocycles. The molecule has 2 aromatic rings. The van der Waals surface area contributed by atoms with E-state index in [4.69, 9.17) is 5.73 Å². The topological polar surface area (TPSA) is 75.4 Å². The van der Waals surface area contributed by atoms with E-state index in [1.54, 1.807) is 0 Å². The van der Waals surface area contributed by atoms with Gasteiger partial charge in [0.2, 0.25) is 11.8 Å². The van der Waals surface area contributed by atoms with Crippen LogP contribution in [-0.2, 0) is 11.2 Å². The largest absolute Gasteiger partial charge is 0.366 e. The number of likely N-dealkylation sites (N-methyl/N-ethyl adjacent to an activating group) is 1. The minimum absolute atomic E-state index is 0.0869. The van der Waals surface area contributed by atoms with Gasteiger partial charge in [0.25, 0.3) is 0 Å². The zero-order valence-electron chi connectivity index (χ0n) is 20.4. The second-order valence-corrected chi connectivity index (χ2v) is 9.52. The Morgan fingerprint density at radius 2 is 1.62 bits per heavy atom. The molecule has 0 aliphatic heterocycles. The number of hydrogen-bond acceptors (Lipinski definition) is 3. The number of rotatable bonds is 11. The summed E-state index contributed by atoms with van der Waals surface area (Å²) >= 11 is 0. The molecule has 3 N–H and O–H groups in total. The fraction of sp³-hybridized carbons (Fsp3) is 0.481. The molecule has 0 heterocycles. The van der Waals surface area contributed by atoms with Gasteiger partial charge in [0.1, 0.15) is 0 Å². The van der Waals surface area contributed by atoms with Crippen LogP contribution in [0.2, 0.25) is 0 Å². The number of hydrogen-bond donors (Lipinski definition) is 2. The summed E-state index contributed by atoms with van der Waals surface area (Å²) in [4.78, 5) is 26.6. The lowest BCUT2D eigenvalue weighted by atomic mass is 9.87. The fourth-order valence-electron chi connectivity index (χ4n) is 4.29. The number of carbonyl (C=O) groups is 2. The highest BCUT2D eigenvalue weighted by Crippen LogP contribution is 2.27. The lowest BCUT2D eigenvalue weighted by molar-refractivity contribution is -0.121. The van der Waals surface area contributed by atoms with Crippen LogP contribution < -0.4 is 11.1 Å². The Kier molecular flexibility index (Phi) is 9.45. The van der Waals surface area contributed by atoms with Crippen LogP contribution in [0.1, 0.15) is 65.2 Å². The predicted molar refractivity (Wildman–Crippen MR) is 132 cm³/mol. The summed E-state index contributed by atoms with van der Waals surface area (Å²) in [7, 11) is 4.07. The molecule has 32 heavy (non-hydrogen) atoms. The van der Waals surface area contributed by atoms with Crippen LogP contribution >= 0.6 is 0 Å². The first-order valence-corrected chi connectivity index (χ1v) is 11.5. The zero-order chi connectivity index (χ0) is 23.8. The number of amides is 2. The summed E-state index contributed by atoms with van der Waals surface area (Å²) < 4.78 is 0. The van der Waals surface area contributed by atoms with Gasteiger partial charge >= 0.3 is 0 Å². The van der Waals surface area contributed by atoms with Crippen LogP contribution in [-0.4, -0.2) is 43.4 Å². The Hall–Kier alpha value is -2.66. The minimum Gasteiger partial charge on any atom is -0.366 e. The van der Waals surface area contributed by atoms with Crippen molar-refractivity contribution in [2.24, 2.45) is 11.7 Å². The van der Waals surface area contributed by atoms with E-state index >= 15 is 0 Å². The van der Waals surface area contributed by atoms with Crippen LogP contribution in [0, 0.1) is 19.8 Å². The zero-order valence-corrected chi connectivity index (χ0v) is 20.4. The third kappa shape index (κ3) is 7.49. The summed E-state index contributed by atoms with van der Waals surface area (Å²) in [6.07, 6.45) is 2.27. The van der Waals surface area contributed by atoms with Gasteiger partial charge in [-0.2, -0.15) is 0 Å². The molecule has 0 aliphatic rings. The molecule has 0 spiro atoms. The number of carbonyl (C=O) groups excluding carboxylic acids is 2. The van der Waals surface area contributed by atoms with Crippen LogP contribution in [0.4, 0.5) is 0 Å². The highest BCUT2D eigenvalue weighted by Gasteiger charge is 2.20. The Bertz CT molecular complexity index is 883. The van der Waals surface area contributed by atoms with Crippen LogP contribution in [0.5, 0.6) is 0 Å². The van der Waals surface area contributed by atoms with Crippen molar-refractivity contribution in [2.75, 3.05) is 20.6 Å². The number of benzene rings is 2. The second kappa shape index (κ2) is 11.8. The lowest BCUT2D eigenvalue weighted by Crippen LogP contribution is -2.42. The predicted octanol–water partition coefficient (Wildman–Crippen LogP) is 4.21. The second-order valence-electron chi connectivity index (χ2n) is 9.52. The maximum atomic E-state index is 12.9. The average Bonchev–Trinajstić information content (AvgIpc) is 2.72. The van der Waals surface area contributed by atoms with Crippen LogP contribution in [0.3, 0.4) is 0 Å². The number of primary amides is 1. The van der Waals surface area contributed by atoms with Crippen molar-refractivity contribution in [1.29, 1.82) is 0 Å². The van der Waals surface area contributed by atoms with E-state index in [1.165, 1.54) is 11.1 Å². The van der Waals surface area contributed by atoms with Crippen molar-refractivity contribution in [1.82, 2.24) is 10.2 Å². The molecule has 5 heteroatoms. The monoisotopic (exact) mass is 437 g/mol. The first-order valence-electron chi connectivity index (χ1n) is 11.5. The third-order valence-electron chi connectivity index (χ3n) is 6.14. The molecule has 2 amide bonds. The van der Waals surface area contributed by atoms with Crippen molar-refractivity contribution in [2.45, 2.75) is 58.9 Å². The van der Waals surface area contributed by atoms with Crippen molar-refractivity contribution in [3.63, 3.8) is 0 Å². The van der Waals surface area contributed by atoms with E-state index in [0.717, 1.165) is 24.0 Å². The summed E-state index contributed by atoms with van der Waals surface area (Å²) in [5, 5.41) is 3.17. The maximum absolute atomic E-state index is 12.9. The van der Waals surface area contributed by atoms with E-state index < -0.39 is 5.91 Å². The number of nitrogens with one attached hydrogen (secondary N) is 1. The van der Waals surface area contributed by atoms with Crippen molar-refractivity contribution < 1.29 is 9.59 Å². The Labute approximate surface area is 193 Å². The maximum Gasteiger partial charge on any atom is 0.248 e. The van der Waals surface area contributed by atoms with Gasteiger partial charge in [-0.15, -0.1) is 0 Å². The van der Waals surface area contributed by atoms with Gasteiger partial charge in [0.15, 0.2) is 0 Å². The van der Waals surface area contributed by atoms with Gasteiger partial charge < -0.3 is 16.0 Å². The van der Waals surface area contributed by atoms with E-state index in [-0.39, 0.29) is 17.9 Å². The molecule has 0 radical (unpaired) electrons. The van der Waals surface area contributed by atoms with Gasteiger partial charge in [0, 0.05) is 24.6 Å². The van der Waals surface area contributed by atoms with E-state index in [1.807, 2.05) is 58.3 Å². The van der Waals surface area contributed by atoms with Gasteiger partial charge in [-0.1, -0.05) is 44.2 Å². The molecular formula is C27H39N3O2. The molecule has 2 atom stereocenters. The smallest absolute Gasteiger partial charge is 0.248 e. The normalized spacial score (nSPS) is 13.2. The number of nitrogens with two attached hydrogens (primary N) is 1. The van der Waals surface area contributed by atoms with Crippen molar-refractivity contribution in [3.05, 3.63) is 70.3 Å². The van der Waals surface area contributed by atoms with Gasteiger partial charge in [-0.25, -0.2) is 0 Å². The van der Waals surface area contributed by atoms with Gasteiger partial charge in [-0.05, 0) is 87.0 Å². The molecule has 2 aromatic carbocycles. The highest BCUT2D eigenvalue weighted by molar-refractivity contribution is 5.93. The van der Waals surface area contributed by atoms with Crippen LogP contribution in [0.25, 0.3) is 0 Å². The number of aryl methyl sites for hydroxylation is 2. The van der Waals surface area contributed by atoms with Crippen LogP contribution in [0.15, 0.2) is 42.5 Å². The molecule has 5 nitrogen and oxygen atoms in total. The molecule has 0 unspecified atom stereocenters. The molecule has 0 aliphatic carbocycles. The molecule has 2 rings (SSSR count). The molecule has 0 aromatic heterocycles. The van der Waals surface area contributed by atoms with Crippen molar-refractivity contribution in [3.8, 4) is 0 Å². The molecule has 0 saturated carbocycles. The van der Waals surface area contributed by atoms with E-state index in [9.17, 15) is 9.59 Å². The molecule has 0 bridgehead atoms. The minimum atomic E-state index is -0.409. The Morgan fingerprint density at radius 1 is 1.03 bits per heavy atom. The molecule has 174 valence electrons. The summed E-state index contributed by atoms with van der Waals surface area (Å²) in [5.74, 6) is 0.425. The van der Waals surface area contributed by atoms with E-state index in [0.29, 0.717) is 24.4 Å². The Morgan fingerprint density at radius 3 is 2.12 bits per heavy atom. The van der Waals surface area contributed by atoms with Gasteiger partial charge in [-0.3, -0.25) is 9.59 Å². The lowest BCUT2D eigenvalue weighted by Gasteiger charge is -2.27. The standard InChI is InChI=1S/C27H39N3O2/c1-18(2)12-22(21-10-8-7-9-11-21)15-26(31)29-17-24(30(5)6)16-25-19(3)13-23(27(28)32)14-20(25)4/h7-11,13-14,18,22,24H,12,15-17H2,1-6H3,(H2,28,32)(H,29,31)/t22-,24+/m1/s1. The average molecular weight is 438 g/mol. The molecule has 0 fully saturated rings. The first-order chi connectivity index (χ1) is 15.1. The van der Waals surface area contributed by atoms with Gasteiger partial charge in [0.05, 0.1) is 0 Å². The van der Waals surface area contributed by atoms with E-state index in [2.05, 4.69) is 36.2 Å². The quantitative estimate of drug-likeness (QED) is 0.553. The SMILES string of the molecule is Cc1cc(C(N)=O)cc(C)c1C[C@@H](CNC(=O)C[C@@H](CC(C)C)c1ccccc1)N(C)C.